The smallest absolute Gasteiger partial charge is 0.136 e. The number of ketones is 3. The molecule has 0 amide bonds. The van der Waals surface area contributed by atoms with Gasteiger partial charge in [0.05, 0.1) is 0 Å². The van der Waals surface area contributed by atoms with Crippen molar-refractivity contribution in [1.29, 1.82) is 0 Å². The van der Waals surface area contributed by atoms with Crippen LogP contribution < -0.4 is 0 Å². The van der Waals surface area contributed by atoms with E-state index in [-0.39, 0.29) is 41.0 Å². The number of Topliss-reactive ketones (excluding diaryl/α,β-unsaturated/α-hetero) is 3. The molecule has 1 saturated carbocycles. The molecule has 23 heavy (non-hydrogen) atoms. The van der Waals surface area contributed by atoms with Crippen molar-refractivity contribution in [2.75, 3.05) is 0 Å². The highest BCUT2D eigenvalue weighted by Crippen LogP contribution is 2.27. The van der Waals surface area contributed by atoms with Crippen LogP contribution in [0.1, 0.15) is 72.6 Å². The Morgan fingerprint density at radius 1 is 0.870 bits per heavy atom. The van der Waals surface area contributed by atoms with Crippen LogP contribution in [0.5, 0.6) is 0 Å². The summed E-state index contributed by atoms with van der Waals surface area (Å²) in [5, 5.41) is 0. The lowest BCUT2D eigenvalue weighted by Gasteiger charge is -2.21. The highest BCUT2D eigenvalue weighted by atomic mass is 16.1. The van der Waals surface area contributed by atoms with Crippen LogP contribution in [0.4, 0.5) is 0 Å². The molecule has 1 fully saturated rings. The van der Waals surface area contributed by atoms with Gasteiger partial charge in [0.15, 0.2) is 0 Å². The maximum Gasteiger partial charge on any atom is 0.136 e. The largest absolute Gasteiger partial charge is 0.300 e. The first-order valence-electron chi connectivity index (χ1n) is 8.93. The Labute approximate surface area is 140 Å². The van der Waals surface area contributed by atoms with E-state index in [1.165, 1.54) is 0 Å². The van der Waals surface area contributed by atoms with Crippen LogP contribution in [0.25, 0.3) is 0 Å². The summed E-state index contributed by atoms with van der Waals surface area (Å²) in [6.07, 6.45) is 4.21. The molecule has 0 aliphatic heterocycles. The van der Waals surface area contributed by atoms with E-state index in [1.807, 2.05) is 27.7 Å². The molecule has 0 heterocycles. The second-order valence-corrected chi connectivity index (χ2v) is 7.65. The van der Waals surface area contributed by atoms with Gasteiger partial charge in [-0.1, -0.05) is 32.9 Å². The summed E-state index contributed by atoms with van der Waals surface area (Å²) in [5.74, 6) is 0.720. The van der Waals surface area contributed by atoms with E-state index in [1.54, 1.807) is 0 Å². The summed E-state index contributed by atoms with van der Waals surface area (Å²) in [5.41, 5.74) is 0.997. The molecule has 130 valence electrons. The Morgan fingerprint density at radius 2 is 1.52 bits per heavy atom. The average Bonchev–Trinajstić information content (AvgIpc) is 2.46. The molecule has 0 bridgehead atoms. The number of allylic oxidation sites excluding steroid dienone is 1. The Balaban J connectivity index is 2.86. The molecule has 0 unspecified atom stereocenters. The molecular formula is C20H32O3. The van der Waals surface area contributed by atoms with Crippen molar-refractivity contribution >= 4 is 17.3 Å². The Kier molecular flexibility index (Phi) is 7.87. The van der Waals surface area contributed by atoms with Gasteiger partial charge in [0.25, 0.3) is 0 Å². The second kappa shape index (κ2) is 9.14. The highest BCUT2D eigenvalue weighted by Gasteiger charge is 2.24. The fraction of sp³-hybridized carbons (Fsp3) is 0.750. The zero-order chi connectivity index (χ0) is 17.6. The first kappa shape index (κ1) is 19.8. The van der Waals surface area contributed by atoms with Crippen LogP contribution in [-0.2, 0) is 14.4 Å². The number of rotatable bonds is 1. The van der Waals surface area contributed by atoms with Gasteiger partial charge in [0, 0.05) is 37.5 Å². The van der Waals surface area contributed by atoms with Gasteiger partial charge in [-0.2, -0.15) is 0 Å². The number of hydrogen-bond donors (Lipinski definition) is 0. The van der Waals surface area contributed by atoms with E-state index in [4.69, 9.17) is 0 Å². The molecule has 0 aromatic heterocycles. The van der Waals surface area contributed by atoms with Crippen molar-refractivity contribution in [3.05, 3.63) is 12.2 Å². The van der Waals surface area contributed by atoms with E-state index in [0.717, 1.165) is 24.8 Å². The topological polar surface area (TPSA) is 51.2 Å². The van der Waals surface area contributed by atoms with E-state index < -0.39 is 0 Å². The lowest BCUT2D eigenvalue weighted by Crippen LogP contribution is -2.22. The first-order chi connectivity index (χ1) is 10.7. The zero-order valence-electron chi connectivity index (χ0n) is 15.2. The van der Waals surface area contributed by atoms with Crippen LogP contribution in [-0.4, -0.2) is 17.3 Å². The van der Waals surface area contributed by atoms with Crippen LogP contribution in [0.15, 0.2) is 12.2 Å². The normalized spacial score (nSPS) is 32.4. The molecule has 0 aromatic carbocycles. The maximum atomic E-state index is 12.4. The number of carbonyl (C=O) groups excluding carboxylic acids is 3. The van der Waals surface area contributed by atoms with E-state index in [9.17, 15) is 14.4 Å². The molecule has 1 aliphatic carbocycles. The summed E-state index contributed by atoms with van der Waals surface area (Å²) in [6, 6.07) is 0. The molecule has 0 radical (unpaired) electrons. The van der Waals surface area contributed by atoms with Crippen LogP contribution >= 0.6 is 0 Å². The summed E-state index contributed by atoms with van der Waals surface area (Å²) in [4.78, 5) is 36.8. The third-order valence-corrected chi connectivity index (χ3v) is 5.19. The average molecular weight is 320 g/mol. The molecule has 0 spiro atoms. The fourth-order valence-corrected chi connectivity index (χ4v) is 3.24. The van der Waals surface area contributed by atoms with Crippen molar-refractivity contribution in [1.82, 2.24) is 0 Å². The third-order valence-electron chi connectivity index (χ3n) is 5.19. The molecule has 0 N–H and O–H groups in total. The Hall–Kier alpha value is -1.25. The third kappa shape index (κ3) is 6.80. The fourth-order valence-electron chi connectivity index (χ4n) is 3.24. The standard InChI is InChI=1S/C20H32O3/c1-13(2)17-8-7-15(4)19(22)9-6-14(3)10-18(21)11-16(5)20(23)12-17/h14-17H,1,6-12H2,2-5H3/t14-,15-,16-,17-/m1/s1. The van der Waals surface area contributed by atoms with Gasteiger partial charge in [-0.05, 0) is 38.0 Å². The van der Waals surface area contributed by atoms with Crippen LogP contribution in [0.3, 0.4) is 0 Å². The van der Waals surface area contributed by atoms with Crippen molar-refractivity contribution in [2.24, 2.45) is 23.7 Å². The molecule has 4 atom stereocenters. The van der Waals surface area contributed by atoms with Crippen molar-refractivity contribution < 1.29 is 14.4 Å². The van der Waals surface area contributed by atoms with Crippen LogP contribution in [0, 0.1) is 23.7 Å². The van der Waals surface area contributed by atoms with Crippen molar-refractivity contribution in [3.63, 3.8) is 0 Å². The number of hydrogen-bond acceptors (Lipinski definition) is 3. The highest BCUT2D eigenvalue weighted by molar-refractivity contribution is 5.88. The summed E-state index contributed by atoms with van der Waals surface area (Å²) >= 11 is 0. The minimum absolute atomic E-state index is 0.0233. The molecule has 3 nitrogen and oxygen atoms in total. The Bertz CT molecular complexity index is 464. The lowest BCUT2D eigenvalue weighted by molar-refractivity contribution is -0.128. The van der Waals surface area contributed by atoms with Gasteiger partial charge >= 0.3 is 0 Å². The van der Waals surface area contributed by atoms with Gasteiger partial charge < -0.3 is 0 Å². The van der Waals surface area contributed by atoms with Gasteiger partial charge in [0.1, 0.15) is 17.3 Å². The Morgan fingerprint density at radius 3 is 2.13 bits per heavy atom. The molecule has 1 rings (SSSR count). The maximum absolute atomic E-state index is 12.4. The summed E-state index contributed by atoms with van der Waals surface area (Å²) in [7, 11) is 0. The summed E-state index contributed by atoms with van der Waals surface area (Å²) < 4.78 is 0. The molecule has 0 aromatic rings. The van der Waals surface area contributed by atoms with Gasteiger partial charge in [-0.15, -0.1) is 0 Å². The van der Waals surface area contributed by atoms with Gasteiger partial charge in [-0.25, -0.2) is 0 Å². The number of carbonyl (C=O) groups is 3. The predicted octanol–water partition coefficient (Wildman–Crippen LogP) is 4.54. The molecule has 3 heteroatoms. The first-order valence-corrected chi connectivity index (χ1v) is 8.93. The minimum atomic E-state index is -0.210. The van der Waals surface area contributed by atoms with E-state index in [0.29, 0.717) is 25.7 Å². The zero-order valence-corrected chi connectivity index (χ0v) is 15.2. The van der Waals surface area contributed by atoms with Crippen molar-refractivity contribution in [3.8, 4) is 0 Å². The van der Waals surface area contributed by atoms with E-state index >= 15 is 0 Å². The lowest BCUT2D eigenvalue weighted by atomic mass is 9.82. The molecule has 0 saturated heterocycles. The van der Waals surface area contributed by atoms with E-state index in [2.05, 4.69) is 6.58 Å². The summed E-state index contributed by atoms with van der Waals surface area (Å²) in [6.45, 7) is 11.8. The quantitative estimate of drug-likeness (QED) is 0.667. The van der Waals surface area contributed by atoms with Crippen molar-refractivity contribution in [2.45, 2.75) is 72.6 Å². The SMILES string of the molecule is C=C(C)[C@@H]1CC[C@@H](C)C(=O)CC[C@@H](C)CC(=O)C[C@@H](C)C(=O)C1. The van der Waals surface area contributed by atoms with Crippen LogP contribution in [0.2, 0.25) is 0 Å². The monoisotopic (exact) mass is 320 g/mol. The molecule has 1 aliphatic rings. The molecular weight excluding hydrogens is 288 g/mol. The van der Waals surface area contributed by atoms with Gasteiger partial charge in [0.2, 0.25) is 0 Å². The van der Waals surface area contributed by atoms with Gasteiger partial charge in [-0.3, -0.25) is 14.4 Å². The predicted molar refractivity (Wildman–Crippen MR) is 93.1 cm³/mol. The minimum Gasteiger partial charge on any atom is -0.300 e. The second-order valence-electron chi connectivity index (χ2n) is 7.65.